The lowest BCUT2D eigenvalue weighted by Crippen LogP contribution is -2.52. The van der Waals surface area contributed by atoms with Gasteiger partial charge in [-0.3, -0.25) is 4.79 Å². The van der Waals surface area contributed by atoms with Gasteiger partial charge in [0.1, 0.15) is 0 Å². The lowest BCUT2D eigenvalue weighted by Gasteiger charge is -2.32. The Morgan fingerprint density at radius 1 is 1.60 bits per heavy atom. The number of carbonyl (C=O) groups excluding carboxylic acids is 1. The molecule has 2 atom stereocenters. The third-order valence-corrected chi connectivity index (χ3v) is 4.03. The van der Waals surface area contributed by atoms with E-state index < -0.39 is 0 Å². The number of rotatable bonds is 4. The Labute approximate surface area is 97.0 Å². The number of hydrogen-bond acceptors (Lipinski definition) is 3. The number of likely N-dealkylation sites (N-methyl/N-ethyl adjacent to an activating group) is 1. The lowest BCUT2D eigenvalue weighted by atomic mass is 10.2. The van der Waals surface area contributed by atoms with Crippen molar-refractivity contribution in [3.05, 3.63) is 0 Å². The molecule has 1 amide bonds. The molecule has 1 heterocycles. The maximum atomic E-state index is 12.2. The molecule has 88 valence electrons. The fourth-order valence-electron chi connectivity index (χ4n) is 1.83. The highest BCUT2D eigenvalue weighted by Gasteiger charge is 2.27. The van der Waals surface area contributed by atoms with Crippen LogP contribution >= 0.6 is 11.8 Å². The molecule has 0 radical (unpaired) electrons. The molecule has 1 saturated heterocycles. The van der Waals surface area contributed by atoms with Crippen molar-refractivity contribution in [1.82, 2.24) is 10.2 Å². The highest BCUT2D eigenvalue weighted by molar-refractivity contribution is 7.99. The van der Waals surface area contributed by atoms with E-state index in [9.17, 15) is 4.79 Å². The van der Waals surface area contributed by atoms with Crippen molar-refractivity contribution in [2.24, 2.45) is 0 Å². The summed E-state index contributed by atoms with van der Waals surface area (Å²) in [6, 6.07) is 0.397. The van der Waals surface area contributed by atoms with E-state index >= 15 is 0 Å². The monoisotopic (exact) mass is 230 g/mol. The van der Waals surface area contributed by atoms with E-state index in [1.54, 1.807) is 0 Å². The van der Waals surface area contributed by atoms with Crippen LogP contribution in [0.3, 0.4) is 0 Å². The maximum absolute atomic E-state index is 12.2. The summed E-state index contributed by atoms with van der Waals surface area (Å²) in [5, 5.41) is 3.30. The summed E-state index contributed by atoms with van der Waals surface area (Å²) in [5.74, 6) is 2.32. The van der Waals surface area contributed by atoms with Gasteiger partial charge < -0.3 is 10.2 Å². The zero-order valence-corrected chi connectivity index (χ0v) is 10.8. The summed E-state index contributed by atoms with van der Waals surface area (Å²) in [6.07, 6.45) is 1.03. The summed E-state index contributed by atoms with van der Waals surface area (Å²) in [7, 11) is 0. The number of carbonyl (C=O) groups is 1. The van der Waals surface area contributed by atoms with Crippen molar-refractivity contribution >= 4 is 17.7 Å². The number of hydrogen-bond donors (Lipinski definition) is 1. The minimum atomic E-state index is 0.0395. The standard InChI is InChI=1S/C11H22N2OS/c1-4-9(3)13(5-2)11(14)10-8-15-7-6-12-10/h9-10,12H,4-8H2,1-3H3. The molecule has 1 rings (SSSR count). The average molecular weight is 230 g/mol. The quantitative estimate of drug-likeness (QED) is 0.791. The summed E-state index contributed by atoms with van der Waals surface area (Å²) >= 11 is 1.87. The molecule has 3 nitrogen and oxygen atoms in total. The van der Waals surface area contributed by atoms with Crippen molar-refractivity contribution in [2.75, 3.05) is 24.6 Å². The Balaban J connectivity index is 2.54. The van der Waals surface area contributed by atoms with Crippen LogP contribution in [-0.2, 0) is 4.79 Å². The first kappa shape index (κ1) is 12.8. The van der Waals surface area contributed by atoms with Crippen LogP contribution in [0.15, 0.2) is 0 Å². The van der Waals surface area contributed by atoms with Crippen LogP contribution in [-0.4, -0.2) is 47.5 Å². The van der Waals surface area contributed by atoms with Gasteiger partial charge in [0.2, 0.25) is 5.91 Å². The van der Waals surface area contributed by atoms with E-state index in [-0.39, 0.29) is 11.9 Å². The summed E-state index contributed by atoms with van der Waals surface area (Å²) in [5.41, 5.74) is 0. The smallest absolute Gasteiger partial charge is 0.240 e. The van der Waals surface area contributed by atoms with Crippen molar-refractivity contribution in [1.29, 1.82) is 0 Å². The topological polar surface area (TPSA) is 32.3 Å². The van der Waals surface area contributed by atoms with Gasteiger partial charge in [0.15, 0.2) is 0 Å². The Bertz CT molecular complexity index is 205. The minimum Gasteiger partial charge on any atom is -0.339 e. The number of nitrogens with zero attached hydrogens (tertiary/aromatic N) is 1. The van der Waals surface area contributed by atoms with Gasteiger partial charge >= 0.3 is 0 Å². The van der Waals surface area contributed by atoms with Crippen molar-refractivity contribution in [3.63, 3.8) is 0 Å². The van der Waals surface area contributed by atoms with Gasteiger partial charge in [-0.2, -0.15) is 11.8 Å². The lowest BCUT2D eigenvalue weighted by molar-refractivity contribution is -0.134. The van der Waals surface area contributed by atoms with Gasteiger partial charge in [0.25, 0.3) is 0 Å². The zero-order chi connectivity index (χ0) is 11.3. The molecule has 0 aromatic heterocycles. The normalized spacial score (nSPS) is 23.5. The fraction of sp³-hybridized carbons (Fsp3) is 0.909. The molecular formula is C11H22N2OS. The molecule has 0 aromatic rings. The molecule has 0 aromatic carbocycles. The van der Waals surface area contributed by atoms with Crippen molar-refractivity contribution in [2.45, 2.75) is 39.3 Å². The molecule has 2 unspecified atom stereocenters. The van der Waals surface area contributed by atoms with Gasteiger partial charge in [0.05, 0.1) is 6.04 Å². The molecule has 4 heteroatoms. The Hall–Kier alpha value is -0.220. The van der Waals surface area contributed by atoms with E-state index in [1.807, 2.05) is 16.7 Å². The van der Waals surface area contributed by atoms with Crippen molar-refractivity contribution < 1.29 is 4.79 Å². The predicted molar refractivity (Wildman–Crippen MR) is 66.3 cm³/mol. The Morgan fingerprint density at radius 3 is 2.80 bits per heavy atom. The number of nitrogens with one attached hydrogen (secondary N) is 1. The minimum absolute atomic E-state index is 0.0395. The fourth-order valence-corrected chi connectivity index (χ4v) is 2.75. The SMILES string of the molecule is CCC(C)N(CC)C(=O)C1CSCCN1. The van der Waals surface area contributed by atoms with Crippen LogP contribution in [0.4, 0.5) is 0 Å². The van der Waals surface area contributed by atoms with Crippen molar-refractivity contribution in [3.8, 4) is 0 Å². The second-order valence-electron chi connectivity index (χ2n) is 3.96. The van der Waals surface area contributed by atoms with Crippen LogP contribution in [0.2, 0.25) is 0 Å². The highest BCUT2D eigenvalue weighted by Crippen LogP contribution is 2.12. The van der Waals surface area contributed by atoms with Gasteiger partial charge in [-0.1, -0.05) is 6.92 Å². The molecule has 0 bridgehead atoms. The Kier molecular flexibility index (Phi) is 5.47. The van der Waals surface area contributed by atoms with E-state index in [2.05, 4.69) is 26.1 Å². The molecule has 0 spiro atoms. The van der Waals surface area contributed by atoms with Crippen LogP contribution in [0.1, 0.15) is 27.2 Å². The molecular weight excluding hydrogens is 208 g/mol. The average Bonchev–Trinajstić information content (AvgIpc) is 2.30. The van der Waals surface area contributed by atoms with Crippen LogP contribution < -0.4 is 5.32 Å². The maximum Gasteiger partial charge on any atom is 0.240 e. The molecule has 1 N–H and O–H groups in total. The van der Waals surface area contributed by atoms with E-state index in [1.165, 1.54) is 0 Å². The first-order chi connectivity index (χ1) is 7.20. The highest BCUT2D eigenvalue weighted by atomic mass is 32.2. The molecule has 0 saturated carbocycles. The predicted octanol–water partition coefficient (Wildman–Crippen LogP) is 1.34. The van der Waals surface area contributed by atoms with Gasteiger partial charge in [-0.05, 0) is 20.3 Å². The second-order valence-corrected chi connectivity index (χ2v) is 5.11. The van der Waals surface area contributed by atoms with Crippen LogP contribution in [0.5, 0.6) is 0 Å². The van der Waals surface area contributed by atoms with Crippen LogP contribution in [0, 0.1) is 0 Å². The third kappa shape index (κ3) is 3.38. The van der Waals surface area contributed by atoms with E-state index in [0.29, 0.717) is 6.04 Å². The van der Waals surface area contributed by atoms with Gasteiger partial charge in [-0.15, -0.1) is 0 Å². The largest absolute Gasteiger partial charge is 0.339 e. The van der Waals surface area contributed by atoms with Crippen LogP contribution in [0.25, 0.3) is 0 Å². The van der Waals surface area contributed by atoms with Gasteiger partial charge in [-0.25, -0.2) is 0 Å². The molecule has 1 aliphatic heterocycles. The second kappa shape index (κ2) is 6.38. The molecule has 0 aliphatic carbocycles. The molecule has 1 aliphatic rings. The van der Waals surface area contributed by atoms with E-state index in [4.69, 9.17) is 0 Å². The Morgan fingerprint density at radius 2 is 2.33 bits per heavy atom. The zero-order valence-electron chi connectivity index (χ0n) is 9.95. The number of amides is 1. The summed E-state index contributed by atoms with van der Waals surface area (Å²) in [6.45, 7) is 8.08. The first-order valence-corrected chi connectivity index (χ1v) is 6.97. The van der Waals surface area contributed by atoms with E-state index in [0.717, 1.165) is 31.0 Å². The number of thioether (sulfide) groups is 1. The third-order valence-electron chi connectivity index (χ3n) is 2.97. The first-order valence-electron chi connectivity index (χ1n) is 5.82. The summed E-state index contributed by atoms with van der Waals surface area (Å²) in [4.78, 5) is 14.2. The molecule has 1 fully saturated rings. The molecule has 15 heavy (non-hydrogen) atoms. The van der Waals surface area contributed by atoms with Gasteiger partial charge in [0, 0.05) is 30.6 Å². The summed E-state index contributed by atoms with van der Waals surface area (Å²) < 4.78 is 0.